The highest BCUT2D eigenvalue weighted by atomic mass is 16.1. The minimum Gasteiger partial charge on any atom is -0.299 e. The molecule has 0 heterocycles. The first-order chi connectivity index (χ1) is 6.91. The highest BCUT2D eigenvalue weighted by Crippen LogP contribution is 1.68. The van der Waals surface area contributed by atoms with Gasteiger partial charge in [-0.15, -0.1) is 0 Å². The van der Waals surface area contributed by atoms with Crippen LogP contribution in [0.15, 0.2) is 37.0 Å². The molecule has 0 aromatic carbocycles. The van der Waals surface area contributed by atoms with Crippen LogP contribution in [0.4, 0.5) is 0 Å². The van der Waals surface area contributed by atoms with Gasteiger partial charge in [0.15, 0.2) is 0 Å². The quantitative estimate of drug-likeness (QED) is 0.272. The fourth-order valence-electron chi connectivity index (χ4n) is 0.422. The minimum absolute atomic E-state index is 0.655. The van der Waals surface area contributed by atoms with Gasteiger partial charge in [0.1, 0.15) is 6.29 Å². The van der Waals surface area contributed by atoms with Crippen molar-refractivity contribution in [2.75, 3.05) is 0 Å². The lowest BCUT2D eigenvalue weighted by Gasteiger charge is -1.61. The van der Waals surface area contributed by atoms with E-state index in [9.17, 15) is 4.79 Å². The van der Waals surface area contributed by atoms with E-state index in [2.05, 4.69) is 42.1 Å². The fourth-order valence-corrected chi connectivity index (χ4v) is 0.422. The van der Waals surface area contributed by atoms with Crippen molar-refractivity contribution < 1.29 is 4.79 Å². The van der Waals surface area contributed by atoms with Crippen LogP contribution >= 0.6 is 0 Å². The highest BCUT2D eigenvalue weighted by molar-refractivity contribution is 5.65. The first-order valence-electron chi connectivity index (χ1n) is 3.80. The van der Waals surface area contributed by atoms with Crippen molar-refractivity contribution in [2.24, 2.45) is 0 Å². The number of carbonyl (C=O) groups excluding carboxylic acids is 1. The van der Waals surface area contributed by atoms with Crippen LogP contribution in [0.1, 0.15) is 0 Å². The SMILES string of the molecule is C=CC=CC#CC#CC#CC=CC=O. The maximum Gasteiger partial charge on any atom is 0.143 e. The van der Waals surface area contributed by atoms with Gasteiger partial charge in [0, 0.05) is 0 Å². The zero-order valence-electron chi connectivity index (χ0n) is 7.58. The highest BCUT2D eigenvalue weighted by Gasteiger charge is 1.58. The minimum atomic E-state index is 0.655. The van der Waals surface area contributed by atoms with Gasteiger partial charge >= 0.3 is 0 Å². The van der Waals surface area contributed by atoms with Crippen molar-refractivity contribution in [3.8, 4) is 35.5 Å². The second-order valence-electron chi connectivity index (χ2n) is 1.88. The van der Waals surface area contributed by atoms with Crippen LogP contribution in [0.3, 0.4) is 0 Å². The van der Waals surface area contributed by atoms with Crippen LogP contribution in [0.25, 0.3) is 0 Å². The van der Waals surface area contributed by atoms with Crippen molar-refractivity contribution in [1.29, 1.82) is 0 Å². The Morgan fingerprint density at radius 2 is 1.43 bits per heavy atom. The second-order valence-corrected chi connectivity index (χ2v) is 1.88. The second kappa shape index (κ2) is 10.6. The molecule has 0 aliphatic rings. The molecule has 0 fully saturated rings. The summed E-state index contributed by atoms with van der Waals surface area (Å²) in [7, 11) is 0. The fraction of sp³-hybridized carbons (Fsp3) is 0. The Labute approximate surface area is 84.2 Å². The average molecular weight is 180 g/mol. The molecular weight excluding hydrogens is 172 g/mol. The molecule has 0 saturated carbocycles. The van der Waals surface area contributed by atoms with Gasteiger partial charge in [0.2, 0.25) is 0 Å². The zero-order chi connectivity index (χ0) is 10.5. The van der Waals surface area contributed by atoms with E-state index in [1.54, 1.807) is 18.2 Å². The predicted molar refractivity (Wildman–Crippen MR) is 57.9 cm³/mol. The molecule has 0 aromatic heterocycles. The molecule has 0 rings (SSSR count). The van der Waals surface area contributed by atoms with E-state index in [4.69, 9.17) is 0 Å². The molecular formula is C13H8O. The number of carbonyl (C=O) groups is 1. The van der Waals surface area contributed by atoms with Crippen molar-refractivity contribution in [3.63, 3.8) is 0 Å². The first kappa shape index (κ1) is 11.6. The van der Waals surface area contributed by atoms with E-state index in [1.165, 1.54) is 12.2 Å². The number of hydrogen-bond donors (Lipinski definition) is 0. The molecule has 0 aromatic rings. The standard InChI is InChI=1S/C13H8O/c1-2-3-4-5-6-7-8-9-10-11-12-13-14/h2-4,11-13H,1H2. The van der Waals surface area contributed by atoms with E-state index < -0.39 is 0 Å². The molecule has 0 atom stereocenters. The molecule has 14 heavy (non-hydrogen) atoms. The summed E-state index contributed by atoms with van der Waals surface area (Å²) in [6.07, 6.45) is 8.36. The van der Waals surface area contributed by atoms with E-state index >= 15 is 0 Å². The summed E-state index contributed by atoms with van der Waals surface area (Å²) in [4.78, 5) is 9.81. The van der Waals surface area contributed by atoms with Crippen LogP contribution in [-0.2, 0) is 4.79 Å². The van der Waals surface area contributed by atoms with Gasteiger partial charge in [-0.1, -0.05) is 30.6 Å². The van der Waals surface area contributed by atoms with E-state index in [-0.39, 0.29) is 0 Å². The van der Waals surface area contributed by atoms with Crippen LogP contribution in [0, 0.1) is 35.5 Å². The van der Waals surface area contributed by atoms with Gasteiger partial charge in [-0.3, -0.25) is 4.79 Å². The third-order valence-electron chi connectivity index (χ3n) is 0.906. The van der Waals surface area contributed by atoms with E-state index in [1.807, 2.05) is 0 Å². The van der Waals surface area contributed by atoms with E-state index in [0.717, 1.165) is 0 Å². The van der Waals surface area contributed by atoms with Crippen molar-refractivity contribution in [3.05, 3.63) is 37.0 Å². The molecule has 0 aliphatic carbocycles. The summed E-state index contributed by atoms with van der Waals surface area (Å²) >= 11 is 0. The molecule has 0 aliphatic heterocycles. The largest absolute Gasteiger partial charge is 0.299 e. The maximum atomic E-state index is 9.81. The Morgan fingerprint density at radius 1 is 0.857 bits per heavy atom. The number of aldehydes is 1. The van der Waals surface area contributed by atoms with Crippen molar-refractivity contribution in [2.45, 2.75) is 0 Å². The van der Waals surface area contributed by atoms with Crippen LogP contribution in [0.5, 0.6) is 0 Å². The lowest BCUT2D eigenvalue weighted by atomic mass is 10.4. The van der Waals surface area contributed by atoms with Crippen LogP contribution < -0.4 is 0 Å². The molecule has 0 amide bonds. The Kier molecular flexibility index (Phi) is 8.74. The van der Waals surface area contributed by atoms with Gasteiger partial charge in [-0.05, 0) is 41.9 Å². The summed E-state index contributed by atoms with van der Waals surface area (Å²) in [5.74, 6) is 15.3. The molecule has 0 radical (unpaired) electrons. The Hall–Kier alpha value is -2.43. The monoisotopic (exact) mass is 180 g/mol. The van der Waals surface area contributed by atoms with Gasteiger partial charge in [0.05, 0.1) is 0 Å². The average Bonchev–Trinajstić information content (AvgIpc) is 2.21. The molecule has 0 unspecified atom stereocenters. The third-order valence-corrected chi connectivity index (χ3v) is 0.906. The first-order valence-corrected chi connectivity index (χ1v) is 3.80. The number of allylic oxidation sites excluding steroid dienone is 5. The normalized spacial score (nSPS) is 7.71. The molecule has 0 saturated heterocycles. The summed E-state index contributed by atoms with van der Waals surface area (Å²) in [5.41, 5.74) is 0. The molecule has 66 valence electrons. The zero-order valence-corrected chi connectivity index (χ0v) is 7.58. The molecule has 0 spiro atoms. The van der Waals surface area contributed by atoms with Crippen LogP contribution in [0.2, 0.25) is 0 Å². The third kappa shape index (κ3) is 9.57. The lowest BCUT2D eigenvalue weighted by molar-refractivity contribution is -0.104. The molecule has 1 heteroatoms. The Balaban J connectivity index is 4.02. The van der Waals surface area contributed by atoms with Gasteiger partial charge in [-0.2, -0.15) is 0 Å². The van der Waals surface area contributed by atoms with E-state index in [0.29, 0.717) is 6.29 Å². The Bertz CT molecular complexity index is 377. The van der Waals surface area contributed by atoms with Gasteiger partial charge < -0.3 is 0 Å². The molecule has 1 nitrogen and oxygen atoms in total. The van der Waals surface area contributed by atoms with Gasteiger partial charge in [0.25, 0.3) is 0 Å². The van der Waals surface area contributed by atoms with Gasteiger partial charge in [-0.25, -0.2) is 0 Å². The number of hydrogen-bond acceptors (Lipinski definition) is 1. The summed E-state index contributed by atoms with van der Waals surface area (Å²) < 4.78 is 0. The summed E-state index contributed by atoms with van der Waals surface area (Å²) in [6.45, 7) is 3.49. The van der Waals surface area contributed by atoms with Crippen molar-refractivity contribution in [1.82, 2.24) is 0 Å². The molecule has 0 bridgehead atoms. The van der Waals surface area contributed by atoms with Crippen LogP contribution in [-0.4, -0.2) is 6.29 Å². The Morgan fingerprint density at radius 3 is 1.93 bits per heavy atom. The lowest BCUT2D eigenvalue weighted by Crippen LogP contribution is -1.57. The summed E-state index contributed by atoms with van der Waals surface area (Å²) in [5, 5.41) is 0. The number of rotatable bonds is 2. The smallest absolute Gasteiger partial charge is 0.143 e. The predicted octanol–water partition coefficient (Wildman–Crippen LogP) is 1.49. The summed E-state index contributed by atoms with van der Waals surface area (Å²) in [6, 6.07) is 0. The topological polar surface area (TPSA) is 17.1 Å². The maximum absolute atomic E-state index is 9.81. The molecule has 0 N–H and O–H groups in total. The van der Waals surface area contributed by atoms with Crippen molar-refractivity contribution >= 4 is 6.29 Å².